The first-order valence-corrected chi connectivity index (χ1v) is 8.16. The molecule has 1 aliphatic heterocycles. The first kappa shape index (κ1) is 17.4. The highest BCUT2D eigenvalue weighted by molar-refractivity contribution is 5.89. The van der Waals surface area contributed by atoms with Gasteiger partial charge in [-0.2, -0.15) is 0 Å². The van der Waals surface area contributed by atoms with Crippen LogP contribution in [0.3, 0.4) is 0 Å². The molecule has 7 nitrogen and oxygen atoms in total. The Labute approximate surface area is 145 Å². The number of rotatable bonds is 6. The quantitative estimate of drug-likeness (QED) is 0.858. The van der Waals surface area contributed by atoms with Crippen molar-refractivity contribution in [3.8, 4) is 17.1 Å². The van der Waals surface area contributed by atoms with E-state index in [1.807, 2.05) is 32.9 Å². The van der Waals surface area contributed by atoms with E-state index in [1.165, 1.54) is 0 Å². The number of ether oxygens (including phenoxy) is 3. The molecule has 1 N–H and O–H groups in total. The van der Waals surface area contributed by atoms with Crippen molar-refractivity contribution in [3.05, 3.63) is 35.5 Å². The molecule has 7 heteroatoms. The fourth-order valence-electron chi connectivity index (χ4n) is 2.77. The first-order valence-electron chi connectivity index (χ1n) is 8.16. The van der Waals surface area contributed by atoms with Gasteiger partial charge >= 0.3 is 5.97 Å². The SMILES string of the molecule is CCc1c(C(=O)O)noc1-c1ccc(OCC2COC(C)(C)O2)cc1. The Balaban J connectivity index is 1.68. The van der Waals surface area contributed by atoms with Crippen LogP contribution >= 0.6 is 0 Å². The van der Waals surface area contributed by atoms with Gasteiger partial charge in [-0.1, -0.05) is 12.1 Å². The molecule has 134 valence electrons. The third-order valence-electron chi connectivity index (χ3n) is 3.96. The highest BCUT2D eigenvalue weighted by Crippen LogP contribution is 2.29. The predicted molar refractivity (Wildman–Crippen MR) is 88.7 cm³/mol. The van der Waals surface area contributed by atoms with Crippen molar-refractivity contribution in [1.82, 2.24) is 5.16 Å². The summed E-state index contributed by atoms with van der Waals surface area (Å²) in [7, 11) is 0. The number of benzene rings is 1. The maximum absolute atomic E-state index is 11.2. The van der Waals surface area contributed by atoms with Gasteiger partial charge in [0.05, 0.1) is 6.61 Å². The summed E-state index contributed by atoms with van der Waals surface area (Å²) in [6, 6.07) is 7.24. The molecule has 0 spiro atoms. The van der Waals surface area contributed by atoms with Crippen LogP contribution in [0.25, 0.3) is 11.3 Å². The first-order chi connectivity index (χ1) is 11.9. The molecule has 0 amide bonds. The highest BCUT2D eigenvalue weighted by Gasteiger charge is 2.33. The summed E-state index contributed by atoms with van der Waals surface area (Å²) in [4.78, 5) is 11.2. The number of carboxylic acids is 1. The minimum atomic E-state index is -1.09. The van der Waals surface area contributed by atoms with E-state index in [9.17, 15) is 4.79 Å². The Bertz CT molecular complexity index is 749. The van der Waals surface area contributed by atoms with E-state index in [-0.39, 0.29) is 11.8 Å². The molecule has 1 aromatic carbocycles. The van der Waals surface area contributed by atoms with Gasteiger partial charge in [-0.05, 0) is 44.5 Å². The summed E-state index contributed by atoms with van der Waals surface area (Å²) in [5, 5.41) is 12.8. The van der Waals surface area contributed by atoms with Crippen LogP contribution in [0, 0.1) is 0 Å². The molecule has 0 aliphatic carbocycles. The number of aromatic carboxylic acids is 1. The Morgan fingerprint density at radius 3 is 2.64 bits per heavy atom. The molecule has 2 heterocycles. The van der Waals surface area contributed by atoms with E-state index in [0.717, 1.165) is 5.56 Å². The molecule has 1 saturated heterocycles. The van der Waals surface area contributed by atoms with Gasteiger partial charge in [-0.15, -0.1) is 0 Å². The zero-order valence-electron chi connectivity index (χ0n) is 14.4. The van der Waals surface area contributed by atoms with Gasteiger partial charge in [-0.3, -0.25) is 0 Å². The molecule has 25 heavy (non-hydrogen) atoms. The van der Waals surface area contributed by atoms with E-state index < -0.39 is 11.8 Å². The normalized spacial score (nSPS) is 19.1. The van der Waals surface area contributed by atoms with Crippen molar-refractivity contribution in [2.45, 2.75) is 39.1 Å². The number of nitrogens with zero attached hydrogens (tertiary/aromatic N) is 1. The fourth-order valence-corrected chi connectivity index (χ4v) is 2.77. The zero-order chi connectivity index (χ0) is 18.0. The van der Waals surface area contributed by atoms with Crippen molar-refractivity contribution in [3.63, 3.8) is 0 Å². The minimum Gasteiger partial charge on any atom is -0.491 e. The largest absolute Gasteiger partial charge is 0.491 e. The standard InChI is InChI=1S/C18H21NO6/c1-4-14-15(17(20)21)19-25-16(14)11-5-7-12(8-6-11)22-9-13-10-23-18(2,3)24-13/h5-8,13H,4,9-10H2,1-3H3,(H,20,21). The third-order valence-corrected chi connectivity index (χ3v) is 3.96. The summed E-state index contributed by atoms with van der Waals surface area (Å²) in [6.07, 6.45) is 0.418. The van der Waals surface area contributed by atoms with E-state index >= 15 is 0 Å². The van der Waals surface area contributed by atoms with Crippen LogP contribution < -0.4 is 4.74 Å². The van der Waals surface area contributed by atoms with Crippen LogP contribution in [-0.2, 0) is 15.9 Å². The molecular formula is C18H21NO6. The minimum absolute atomic E-state index is 0.0428. The molecule has 1 aliphatic rings. The van der Waals surface area contributed by atoms with Gasteiger partial charge in [0.1, 0.15) is 18.5 Å². The van der Waals surface area contributed by atoms with Gasteiger partial charge in [0, 0.05) is 11.1 Å². The number of hydrogen-bond acceptors (Lipinski definition) is 6. The second-order valence-corrected chi connectivity index (χ2v) is 6.28. The van der Waals surface area contributed by atoms with E-state index in [1.54, 1.807) is 12.1 Å². The van der Waals surface area contributed by atoms with E-state index in [4.69, 9.17) is 23.8 Å². The summed E-state index contributed by atoms with van der Waals surface area (Å²) in [5.74, 6) is -0.495. The Morgan fingerprint density at radius 1 is 1.36 bits per heavy atom. The highest BCUT2D eigenvalue weighted by atomic mass is 16.7. The average molecular weight is 347 g/mol. The van der Waals surface area contributed by atoms with Gasteiger partial charge < -0.3 is 23.8 Å². The number of hydrogen-bond donors (Lipinski definition) is 1. The van der Waals surface area contributed by atoms with Gasteiger partial charge in [-0.25, -0.2) is 4.79 Å². The molecule has 0 bridgehead atoms. The van der Waals surface area contributed by atoms with Crippen molar-refractivity contribution in [1.29, 1.82) is 0 Å². The van der Waals surface area contributed by atoms with E-state index in [2.05, 4.69) is 5.16 Å². The van der Waals surface area contributed by atoms with Crippen LogP contribution in [0.5, 0.6) is 5.75 Å². The Morgan fingerprint density at radius 2 is 2.08 bits per heavy atom. The Hall–Kier alpha value is -2.38. The van der Waals surface area contributed by atoms with Crippen molar-refractivity contribution < 1.29 is 28.6 Å². The molecule has 1 atom stereocenters. The van der Waals surface area contributed by atoms with Gasteiger partial charge in [0.2, 0.25) is 0 Å². The number of aromatic nitrogens is 1. The van der Waals surface area contributed by atoms with Crippen molar-refractivity contribution in [2.24, 2.45) is 0 Å². The summed E-state index contributed by atoms with van der Waals surface area (Å²) in [6.45, 7) is 6.51. The summed E-state index contributed by atoms with van der Waals surface area (Å²) >= 11 is 0. The lowest BCUT2D eigenvalue weighted by molar-refractivity contribution is -0.141. The number of carboxylic acid groups (broad SMARTS) is 1. The molecule has 0 saturated carbocycles. The zero-order valence-corrected chi connectivity index (χ0v) is 14.4. The lowest BCUT2D eigenvalue weighted by Gasteiger charge is -2.17. The number of carbonyl (C=O) groups is 1. The average Bonchev–Trinajstić information content (AvgIpc) is 3.16. The topological polar surface area (TPSA) is 91.0 Å². The van der Waals surface area contributed by atoms with Gasteiger partial charge in [0.15, 0.2) is 17.2 Å². The van der Waals surface area contributed by atoms with Gasteiger partial charge in [0.25, 0.3) is 0 Å². The lowest BCUT2D eigenvalue weighted by Crippen LogP contribution is -2.25. The van der Waals surface area contributed by atoms with Crippen molar-refractivity contribution in [2.75, 3.05) is 13.2 Å². The Kier molecular flexibility index (Phi) is 4.78. The smallest absolute Gasteiger partial charge is 0.358 e. The molecule has 1 aromatic heterocycles. The monoisotopic (exact) mass is 347 g/mol. The molecule has 2 aromatic rings. The third kappa shape index (κ3) is 3.83. The molecular weight excluding hydrogens is 326 g/mol. The summed E-state index contributed by atoms with van der Waals surface area (Å²) < 4.78 is 22.1. The molecule has 1 fully saturated rings. The maximum atomic E-state index is 11.2. The van der Waals surface area contributed by atoms with Crippen LogP contribution in [0.15, 0.2) is 28.8 Å². The second kappa shape index (κ2) is 6.85. The second-order valence-electron chi connectivity index (χ2n) is 6.28. The van der Waals surface area contributed by atoms with Crippen LogP contribution in [-0.4, -0.2) is 41.3 Å². The molecule has 0 radical (unpaired) electrons. The lowest BCUT2D eigenvalue weighted by atomic mass is 10.0. The fraction of sp³-hybridized carbons (Fsp3) is 0.444. The van der Waals surface area contributed by atoms with Crippen LogP contribution in [0.1, 0.15) is 36.8 Å². The van der Waals surface area contributed by atoms with Crippen LogP contribution in [0.2, 0.25) is 0 Å². The maximum Gasteiger partial charge on any atom is 0.358 e. The summed E-state index contributed by atoms with van der Waals surface area (Å²) in [5.41, 5.74) is 1.30. The predicted octanol–water partition coefficient (Wildman–Crippen LogP) is 3.13. The van der Waals surface area contributed by atoms with Crippen molar-refractivity contribution >= 4 is 5.97 Å². The van der Waals surface area contributed by atoms with Crippen LogP contribution in [0.4, 0.5) is 0 Å². The molecule has 1 unspecified atom stereocenters. The molecule has 3 rings (SSSR count). The van der Waals surface area contributed by atoms with E-state index in [0.29, 0.717) is 36.7 Å².